The van der Waals surface area contributed by atoms with Crippen molar-refractivity contribution in [2.24, 2.45) is 17.1 Å². The van der Waals surface area contributed by atoms with Crippen LogP contribution in [0.4, 0.5) is 14.6 Å². The molecule has 44 heavy (non-hydrogen) atoms. The fraction of sp³-hybridized carbons (Fsp3) is 0.500. The van der Waals surface area contributed by atoms with E-state index in [4.69, 9.17) is 15.5 Å². The van der Waals surface area contributed by atoms with Gasteiger partial charge in [-0.25, -0.2) is 18.4 Å². The van der Waals surface area contributed by atoms with Gasteiger partial charge in [-0.15, -0.1) is 0 Å². The van der Waals surface area contributed by atoms with Crippen LogP contribution in [0.1, 0.15) is 54.6 Å². The molecule has 2 atom stereocenters. The van der Waals surface area contributed by atoms with Crippen molar-refractivity contribution < 1.29 is 26.7 Å². The highest BCUT2D eigenvalue weighted by Crippen LogP contribution is 2.55. The summed E-state index contributed by atoms with van der Waals surface area (Å²) in [6.45, 7) is -0.804. The topological polar surface area (TPSA) is 137 Å². The quantitative estimate of drug-likeness (QED) is 0.267. The highest BCUT2D eigenvalue weighted by atomic mass is 32.2. The first kappa shape index (κ1) is 29.0. The molecular formula is C30H35F2N7O4S. The van der Waals surface area contributed by atoms with Gasteiger partial charge in [0, 0.05) is 41.1 Å². The molecule has 0 radical (unpaired) electrons. The lowest BCUT2D eigenvalue weighted by molar-refractivity contribution is -0.0389. The van der Waals surface area contributed by atoms with Gasteiger partial charge in [-0.05, 0) is 69.2 Å². The van der Waals surface area contributed by atoms with Crippen molar-refractivity contribution in [2.45, 2.75) is 70.6 Å². The maximum Gasteiger partial charge on any atom is 0.329 e. The van der Waals surface area contributed by atoms with Gasteiger partial charge in [0.25, 0.3) is 5.91 Å². The van der Waals surface area contributed by atoms with Crippen molar-refractivity contribution in [1.29, 1.82) is 0 Å². The first-order chi connectivity index (χ1) is 20.9. The van der Waals surface area contributed by atoms with Crippen LogP contribution in [-0.2, 0) is 16.6 Å². The number of amides is 1. The summed E-state index contributed by atoms with van der Waals surface area (Å²) < 4.78 is 61.5. The summed E-state index contributed by atoms with van der Waals surface area (Å²) in [5, 5.41) is 3.86. The normalized spacial score (nSPS) is 21.1. The summed E-state index contributed by atoms with van der Waals surface area (Å²) in [5.41, 5.74) is 9.73. The van der Waals surface area contributed by atoms with Gasteiger partial charge in [0.15, 0.2) is 5.88 Å². The molecule has 4 heterocycles. The van der Waals surface area contributed by atoms with E-state index in [0.717, 1.165) is 50.5 Å². The lowest BCUT2D eigenvalue weighted by atomic mass is 9.50. The average molecular weight is 628 g/mol. The summed E-state index contributed by atoms with van der Waals surface area (Å²) in [7, 11) is -2.73. The fourth-order valence-corrected chi connectivity index (χ4v) is 7.70. The molecule has 4 aromatic heterocycles. The van der Waals surface area contributed by atoms with E-state index in [2.05, 4.69) is 10.3 Å². The monoisotopic (exact) mass is 627 g/mol. The Bertz CT molecular complexity index is 1910. The van der Waals surface area contributed by atoms with E-state index in [1.165, 1.54) is 13.2 Å². The molecular weight excluding hydrogens is 592 g/mol. The van der Waals surface area contributed by atoms with Crippen molar-refractivity contribution in [2.75, 3.05) is 17.7 Å². The summed E-state index contributed by atoms with van der Waals surface area (Å²) in [6.07, 6.45) is 6.73. The Labute approximate surface area is 253 Å². The van der Waals surface area contributed by atoms with Crippen molar-refractivity contribution >= 4 is 38.4 Å². The van der Waals surface area contributed by atoms with Crippen molar-refractivity contribution in [3.63, 3.8) is 0 Å². The van der Waals surface area contributed by atoms with Gasteiger partial charge in [0.2, 0.25) is 10.0 Å². The summed E-state index contributed by atoms with van der Waals surface area (Å²) in [4.78, 5) is 22.8. The van der Waals surface area contributed by atoms with Gasteiger partial charge in [0.1, 0.15) is 22.8 Å². The van der Waals surface area contributed by atoms with E-state index < -0.39 is 16.6 Å². The molecule has 1 amide bonds. The van der Waals surface area contributed by atoms with Crippen LogP contribution in [0.3, 0.4) is 0 Å². The van der Waals surface area contributed by atoms with Gasteiger partial charge in [-0.1, -0.05) is 6.42 Å². The van der Waals surface area contributed by atoms with E-state index in [1.807, 2.05) is 22.0 Å². The average Bonchev–Trinajstić information content (AvgIpc) is 3.60. The maximum atomic E-state index is 13.8. The molecule has 7 rings (SSSR count). The number of hydrogen-bond donors (Lipinski definition) is 2. The second-order valence-electron chi connectivity index (χ2n) is 12.5. The van der Waals surface area contributed by atoms with E-state index >= 15 is 0 Å². The molecule has 0 bridgehead atoms. The summed E-state index contributed by atoms with van der Waals surface area (Å²) >= 11 is 0. The van der Waals surface area contributed by atoms with E-state index in [-0.39, 0.29) is 33.5 Å². The molecule has 0 aliphatic heterocycles. The van der Waals surface area contributed by atoms with Crippen LogP contribution in [0, 0.1) is 18.3 Å². The number of methoxy groups -OCH3 is 1. The zero-order chi connectivity index (χ0) is 31.1. The number of nitrogens with two attached hydrogens (primary N) is 1. The molecule has 3 aliphatic rings. The van der Waals surface area contributed by atoms with Crippen molar-refractivity contribution in [1.82, 2.24) is 24.3 Å². The predicted octanol–water partition coefficient (Wildman–Crippen LogP) is 4.07. The third kappa shape index (κ3) is 4.52. The van der Waals surface area contributed by atoms with Gasteiger partial charge in [-0.3, -0.25) is 9.20 Å². The number of aromatic nitrogens is 4. The third-order valence-corrected chi connectivity index (χ3v) is 10.8. The number of anilines is 1. The number of carbonyl (C=O) groups excluding carboxylic acids is 1. The van der Waals surface area contributed by atoms with Crippen LogP contribution >= 0.6 is 0 Å². The molecule has 0 aromatic carbocycles. The van der Waals surface area contributed by atoms with Crippen LogP contribution in [-0.4, -0.2) is 65.3 Å². The second kappa shape index (κ2) is 10.1. The lowest BCUT2D eigenvalue weighted by Crippen LogP contribution is -2.69. The van der Waals surface area contributed by atoms with E-state index in [1.54, 1.807) is 18.2 Å². The van der Waals surface area contributed by atoms with Crippen LogP contribution in [0.2, 0.25) is 0 Å². The second-order valence-corrected chi connectivity index (χ2v) is 14.3. The molecule has 1 spiro atoms. The zero-order valence-corrected chi connectivity index (χ0v) is 25.6. The predicted molar refractivity (Wildman–Crippen MR) is 161 cm³/mol. The molecule has 234 valence electrons. The number of ether oxygens (including phenoxy) is 1. The number of hydrogen-bond acceptors (Lipinski definition) is 7. The number of nitrogens with zero attached hydrogens (tertiary/aromatic N) is 5. The zero-order valence-electron chi connectivity index (χ0n) is 24.8. The van der Waals surface area contributed by atoms with Crippen LogP contribution in [0.15, 0.2) is 30.3 Å². The minimum absolute atomic E-state index is 0.0114. The highest BCUT2D eigenvalue weighted by Gasteiger charge is 2.57. The largest absolute Gasteiger partial charge is 0.482 e. The minimum atomic E-state index is -4.27. The van der Waals surface area contributed by atoms with Gasteiger partial charge in [-0.2, -0.15) is 13.1 Å². The Balaban J connectivity index is 1.30. The van der Waals surface area contributed by atoms with Gasteiger partial charge in [0.05, 0.1) is 24.8 Å². The number of carbonyl (C=O) groups is 1. The molecule has 0 saturated heterocycles. The van der Waals surface area contributed by atoms with E-state index in [9.17, 15) is 22.0 Å². The Hall–Kier alpha value is -3.78. The van der Waals surface area contributed by atoms with Gasteiger partial charge < -0.3 is 20.4 Å². The number of fused-ring (bicyclic) bond motifs is 2. The number of pyridine rings is 2. The summed E-state index contributed by atoms with van der Waals surface area (Å²) in [5.74, 6) is 0.275. The number of halogens is 2. The minimum Gasteiger partial charge on any atom is -0.482 e. The Morgan fingerprint density at radius 2 is 1.98 bits per heavy atom. The van der Waals surface area contributed by atoms with Gasteiger partial charge >= 0.3 is 6.55 Å². The lowest BCUT2D eigenvalue weighted by Gasteiger charge is -2.60. The maximum absolute atomic E-state index is 13.8. The molecule has 4 aromatic rings. The smallest absolute Gasteiger partial charge is 0.329 e. The van der Waals surface area contributed by atoms with Crippen molar-refractivity contribution in [3.8, 4) is 17.3 Å². The molecule has 3 N–H and O–H groups in total. The number of alkyl halides is 2. The molecule has 14 heteroatoms. The fourth-order valence-electron chi connectivity index (χ4n) is 6.96. The molecule has 11 nitrogen and oxygen atoms in total. The number of aryl methyl sites for hydroxylation is 1. The number of rotatable bonds is 9. The third-order valence-electron chi connectivity index (χ3n) is 9.77. The van der Waals surface area contributed by atoms with Crippen molar-refractivity contribution in [3.05, 3.63) is 41.6 Å². The summed E-state index contributed by atoms with van der Waals surface area (Å²) in [6, 6.07) is 8.37. The Kier molecular flexibility index (Phi) is 6.66. The van der Waals surface area contributed by atoms with Crippen LogP contribution < -0.4 is 20.1 Å². The highest BCUT2D eigenvalue weighted by molar-refractivity contribution is 7.92. The Morgan fingerprint density at radius 3 is 2.57 bits per heavy atom. The first-order valence-electron chi connectivity index (χ1n) is 14.8. The Morgan fingerprint density at radius 1 is 1.23 bits per heavy atom. The molecule has 3 fully saturated rings. The number of sulfonamides is 1. The van der Waals surface area contributed by atoms with Crippen LogP contribution in [0.25, 0.3) is 28.1 Å². The van der Waals surface area contributed by atoms with Crippen LogP contribution in [0.5, 0.6) is 5.88 Å². The molecule has 3 aliphatic carbocycles. The molecule has 3 saturated carbocycles. The number of nitrogens with one attached hydrogen (secondary N) is 1. The number of imidazole rings is 1. The SMILES string of the molecule is COc1cc(C(=O)NC2CC(N)C23CCC3)cc2nc(-c3cc4ccc(N(C(F)F)S(C)(=O)=O)nc4n3CC3CC3)c(C)n12. The van der Waals surface area contributed by atoms with E-state index in [0.29, 0.717) is 52.0 Å². The molecule has 2 unspecified atom stereocenters. The first-order valence-corrected chi connectivity index (χ1v) is 16.7. The standard InChI is InChI=1S/C30H35F2N7O4S/c1-16-26(20-11-18-7-8-23(39(29(31)32)44(3,41)42)36-27(18)37(20)15-17-5-6-17)35-24-12-19(13-25(43-2)38(16)24)28(40)34-22-14-21(33)30(22)9-4-10-30/h7-8,11-13,17,21-22,29H,4-6,9-10,14-15,33H2,1-3H3,(H,34,40).